The second-order valence-corrected chi connectivity index (χ2v) is 5.74. The molecule has 5 heteroatoms. The summed E-state index contributed by atoms with van der Waals surface area (Å²) in [5, 5.41) is 7.92. The third kappa shape index (κ3) is 2.78. The summed E-state index contributed by atoms with van der Waals surface area (Å²) in [7, 11) is 1.71. The summed E-state index contributed by atoms with van der Waals surface area (Å²) >= 11 is 0. The molecule has 21 heavy (non-hydrogen) atoms. The van der Waals surface area contributed by atoms with Gasteiger partial charge in [-0.25, -0.2) is 9.67 Å². The lowest BCUT2D eigenvalue weighted by Gasteiger charge is -2.27. The quantitative estimate of drug-likeness (QED) is 0.937. The molecule has 0 saturated carbocycles. The molecular weight excluding hydrogens is 264 g/mol. The van der Waals surface area contributed by atoms with Crippen LogP contribution in [0.2, 0.25) is 0 Å². The van der Waals surface area contributed by atoms with Gasteiger partial charge in [0.15, 0.2) is 0 Å². The van der Waals surface area contributed by atoms with Gasteiger partial charge in [-0.05, 0) is 50.1 Å². The first-order valence-electron chi connectivity index (χ1n) is 7.47. The summed E-state index contributed by atoms with van der Waals surface area (Å²) < 4.78 is 7.36. The van der Waals surface area contributed by atoms with Crippen molar-refractivity contribution >= 4 is 0 Å². The molecule has 1 aromatic heterocycles. The van der Waals surface area contributed by atoms with Gasteiger partial charge in [-0.15, -0.1) is 0 Å². The normalized spacial score (nSPS) is 17.8. The molecule has 1 aromatic carbocycles. The Bertz CT molecular complexity index is 620. The van der Waals surface area contributed by atoms with Crippen molar-refractivity contribution in [1.82, 2.24) is 20.1 Å². The highest BCUT2D eigenvalue weighted by atomic mass is 16.5. The summed E-state index contributed by atoms with van der Waals surface area (Å²) in [5.41, 5.74) is 2.72. The Labute approximate surface area is 125 Å². The second kappa shape index (κ2) is 5.85. The molecule has 1 unspecified atom stereocenters. The van der Waals surface area contributed by atoms with Gasteiger partial charge >= 0.3 is 0 Å². The number of ether oxygens (including phenoxy) is 1. The Hall–Kier alpha value is -1.88. The first-order valence-corrected chi connectivity index (χ1v) is 7.47. The molecule has 5 nitrogen and oxygen atoms in total. The summed E-state index contributed by atoms with van der Waals surface area (Å²) in [4.78, 5) is 4.43. The molecule has 1 aliphatic heterocycles. The van der Waals surface area contributed by atoms with Crippen molar-refractivity contribution in [3.05, 3.63) is 41.5 Å². The average molecular weight is 286 g/mol. The minimum atomic E-state index is 0.269. The topological polar surface area (TPSA) is 52.0 Å². The molecule has 0 fully saturated rings. The minimum absolute atomic E-state index is 0.269. The zero-order chi connectivity index (χ0) is 14.8. The van der Waals surface area contributed by atoms with Crippen LogP contribution in [-0.2, 0) is 12.8 Å². The Kier molecular flexibility index (Phi) is 3.92. The fourth-order valence-electron chi connectivity index (χ4n) is 2.96. The largest absolute Gasteiger partial charge is 0.497 e. The summed E-state index contributed by atoms with van der Waals surface area (Å²) in [6.07, 6.45) is 3.55. The summed E-state index contributed by atoms with van der Waals surface area (Å²) in [6, 6.07) is 6.95. The molecule has 0 radical (unpaired) electrons. The first-order chi connectivity index (χ1) is 10.2. The molecule has 1 N–H and O–H groups in total. The maximum atomic E-state index is 5.36. The van der Waals surface area contributed by atoms with Gasteiger partial charge in [-0.3, -0.25) is 0 Å². The molecule has 0 saturated heterocycles. The lowest BCUT2D eigenvalue weighted by molar-refractivity contribution is 0.409. The van der Waals surface area contributed by atoms with Crippen LogP contribution >= 0.6 is 0 Å². The smallest absolute Gasteiger partial charge is 0.138 e. The lowest BCUT2D eigenvalue weighted by atomic mass is 9.92. The highest BCUT2D eigenvalue weighted by Gasteiger charge is 2.23. The minimum Gasteiger partial charge on any atom is -0.497 e. The van der Waals surface area contributed by atoms with Crippen molar-refractivity contribution < 1.29 is 4.74 Å². The van der Waals surface area contributed by atoms with E-state index in [0.29, 0.717) is 6.04 Å². The third-order valence-electron chi connectivity index (χ3n) is 4.04. The Morgan fingerprint density at radius 3 is 3.05 bits per heavy atom. The number of hydrogen-bond acceptors (Lipinski definition) is 4. The van der Waals surface area contributed by atoms with Crippen molar-refractivity contribution in [3.63, 3.8) is 0 Å². The van der Waals surface area contributed by atoms with Crippen molar-refractivity contribution in [2.45, 2.75) is 38.8 Å². The molecule has 0 aliphatic carbocycles. The molecule has 1 atom stereocenters. The van der Waals surface area contributed by atoms with E-state index in [-0.39, 0.29) is 6.04 Å². The molecule has 2 heterocycles. The summed E-state index contributed by atoms with van der Waals surface area (Å²) in [6.45, 7) is 5.26. The highest BCUT2D eigenvalue weighted by molar-refractivity contribution is 5.39. The Morgan fingerprint density at radius 2 is 2.29 bits per heavy atom. The fraction of sp³-hybridized carbons (Fsp3) is 0.500. The molecule has 0 spiro atoms. The van der Waals surface area contributed by atoms with Crippen LogP contribution in [0.4, 0.5) is 0 Å². The van der Waals surface area contributed by atoms with Crippen LogP contribution in [0.5, 0.6) is 5.75 Å². The fourth-order valence-corrected chi connectivity index (χ4v) is 2.96. The van der Waals surface area contributed by atoms with Crippen molar-refractivity contribution in [2.75, 3.05) is 13.7 Å². The third-order valence-corrected chi connectivity index (χ3v) is 4.04. The van der Waals surface area contributed by atoms with E-state index >= 15 is 0 Å². The van der Waals surface area contributed by atoms with E-state index in [1.54, 1.807) is 13.4 Å². The number of benzene rings is 1. The van der Waals surface area contributed by atoms with Gasteiger partial charge in [0.2, 0.25) is 0 Å². The van der Waals surface area contributed by atoms with E-state index < -0.39 is 0 Å². The molecule has 2 aromatic rings. The van der Waals surface area contributed by atoms with E-state index in [2.05, 4.69) is 41.4 Å². The van der Waals surface area contributed by atoms with Crippen molar-refractivity contribution in [3.8, 4) is 5.75 Å². The van der Waals surface area contributed by atoms with Crippen LogP contribution < -0.4 is 10.1 Å². The van der Waals surface area contributed by atoms with E-state index in [1.807, 2.05) is 10.7 Å². The average Bonchev–Trinajstić information content (AvgIpc) is 2.95. The molecule has 0 amide bonds. The number of nitrogens with one attached hydrogen (secondary N) is 1. The van der Waals surface area contributed by atoms with Crippen LogP contribution in [0, 0.1) is 0 Å². The monoisotopic (exact) mass is 286 g/mol. The van der Waals surface area contributed by atoms with E-state index in [1.165, 1.54) is 11.1 Å². The molecule has 0 bridgehead atoms. The van der Waals surface area contributed by atoms with Crippen LogP contribution in [0.25, 0.3) is 0 Å². The van der Waals surface area contributed by atoms with Gasteiger partial charge in [0, 0.05) is 18.5 Å². The predicted molar refractivity (Wildman–Crippen MR) is 81.6 cm³/mol. The standard InChI is InChI=1S/C16H22N4O/c1-11(2)20-16(18-10-19-20)9-15-14-8-13(21-3)5-4-12(14)6-7-17-15/h4-5,8,10-11,15,17H,6-7,9H2,1-3H3. The molecule has 112 valence electrons. The summed E-state index contributed by atoms with van der Waals surface area (Å²) in [5.74, 6) is 1.94. The zero-order valence-electron chi connectivity index (χ0n) is 12.8. The van der Waals surface area contributed by atoms with Gasteiger partial charge in [0.05, 0.1) is 7.11 Å². The number of rotatable bonds is 4. The first kappa shape index (κ1) is 14.1. The van der Waals surface area contributed by atoms with Gasteiger partial charge in [0.1, 0.15) is 17.9 Å². The number of fused-ring (bicyclic) bond motifs is 1. The van der Waals surface area contributed by atoms with Gasteiger partial charge in [-0.2, -0.15) is 5.10 Å². The molecule has 1 aliphatic rings. The van der Waals surface area contributed by atoms with Gasteiger partial charge in [-0.1, -0.05) is 6.07 Å². The number of hydrogen-bond donors (Lipinski definition) is 1. The van der Waals surface area contributed by atoms with Crippen LogP contribution in [0.3, 0.4) is 0 Å². The van der Waals surface area contributed by atoms with E-state index in [4.69, 9.17) is 4.74 Å². The lowest BCUT2D eigenvalue weighted by Crippen LogP contribution is -2.32. The van der Waals surface area contributed by atoms with E-state index in [9.17, 15) is 0 Å². The van der Waals surface area contributed by atoms with E-state index in [0.717, 1.165) is 31.0 Å². The van der Waals surface area contributed by atoms with Crippen LogP contribution in [0.1, 0.15) is 42.9 Å². The maximum Gasteiger partial charge on any atom is 0.138 e. The Morgan fingerprint density at radius 1 is 1.43 bits per heavy atom. The zero-order valence-corrected chi connectivity index (χ0v) is 12.8. The van der Waals surface area contributed by atoms with Crippen molar-refractivity contribution in [2.24, 2.45) is 0 Å². The number of nitrogens with zero attached hydrogens (tertiary/aromatic N) is 3. The van der Waals surface area contributed by atoms with Gasteiger partial charge in [0.25, 0.3) is 0 Å². The SMILES string of the molecule is COc1ccc2c(c1)C(Cc1ncnn1C(C)C)NCC2. The van der Waals surface area contributed by atoms with Crippen molar-refractivity contribution in [1.29, 1.82) is 0 Å². The second-order valence-electron chi connectivity index (χ2n) is 5.74. The Balaban J connectivity index is 1.89. The molecule has 3 rings (SSSR count). The highest BCUT2D eigenvalue weighted by Crippen LogP contribution is 2.29. The number of methoxy groups -OCH3 is 1. The maximum absolute atomic E-state index is 5.36. The number of aromatic nitrogens is 3. The predicted octanol–water partition coefficient (Wildman–Crippen LogP) is 2.30. The van der Waals surface area contributed by atoms with Crippen LogP contribution in [0.15, 0.2) is 24.5 Å². The van der Waals surface area contributed by atoms with Gasteiger partial charge < -0.3 is 10.1 Å². The molecular formula is C16H22N4O. The van der Waals surface area contributed by atoms with Crippen LogP contribution in [-0.4, -0.2) is 28.4 Å².